The first-order chi connectivity index (χ1) is 27.4. The van der Waals surface area contributed by atoms with Gasteiger partial charge in [-0.2, -0.15) is 8.42 Å². The van der Waals surface area contributed by atoms with Gasteiger partial charge >= 0.3 is 10.4 Å². The van der Waals surface area contributed by atoms with Crippen molar-refractivity contribution in [3.05, 3.63) is 0 Å². The third-order valence-corrected chi connectivity index (χ3v) is 16.6. The van der Waals surface area contributed by atoms with E-state index in [0.29, 0.717) is 44.9 Å². The van der Waals surface area contributed by atoms with Crippen LogP contribution in [-0.4, -0.2) is 160 Å². The van der Waals surface area contributed by atoms with Crippen molar-refractivity contribution in [1.29, 1.82) is 0 Å². The van der Waals surface area contributed by atoms with Gasteiger partial charge in [0.05, 0.1) is 30.5 Å². The standard InChI is InChI=1S/C41H72O17S/c1-18(2)26(55-38-34(30(46)32(56-38)21(5)58-59(49,50)51)57-37-33(53-9)29(45)31(52-8)20(4)54-37)11-10-19(3)23-17-25(43)35-40(23,7)15-13-27-39(6)14-12-22(42)16-24(39)28(44)36(47)41(27,35)48/h18-38,42-48H,10-17H2,1-9H3,(H,49,50,51)/t19-,20?,21-,22+,23-,24?,25?,26+,27?,28-,29?,30?,31?,32?,33?,34?,35?,36-,37?,38?,39+,40-,41+/m1/s1. The van der Waals surface area contributed by atoms with Gasteiger partial charge in [0, 0.05) is 20.1 Å². The maximum Gasteiger partial charge on any atom is 0.397 e. The Kier molecular flexibility index (Phi) is 14.4. The Bertz CT molecular complexity index is 1540. The normalized spacial score (nSPS) is 50.5. The average molecular weight is 869 g/mol. The topological polar surface area (TPSA) is 261 Å². The van der Waals surface area contributed by atoms with Crippen molar-refractivity contribution < 1.29 is 81.3 Å². The molecule has 0 spiro atoms. The molecule has 0 bridgehead atoms. The maximum atomic E-state index is 12.7. The monoisotopic (exact) mass is 868 g/mol. The molecule has 4 saturated carbocycles. The van der Waals surface area contributed by atoms with Crippen LogP contribution < -0.4 is 0 Å². The van der Waals surface area contributed by atoms with E-state index in [0.717, 1.165) is 6.42 Å². The summed E-state index contributed by atoms with van der Waals surface area (Å²) in [7, 11) is -2.13. The Morgan fingerprint density at radius 1 is 0.797 bits per heavy atom. The lowest BCUT2D eigenvalue weighted by Gasteiger charge is -2.67. The average Bonchev–Trinajstić information content (AvgIpc) is 3.61. The van der Waals surface area contributed by atoms with E-state index in [1.807, 2.05) is 13.8 Å². The number of aliphatic hydroxyl groups is 7. The van der Waals surface area contributed by atoms with Crippen molar-refractivity contribution in [2.45, 2.75) is 197 Å². The molecule has 0 radical (unpaired) electrons. The van der Waals surface area contributed by atoms with E-state index in [2.05, 4.69) is 20.8 Å². The molecule has 6 fully saturated rings. The molecule has 8 N–H and O–H groups in total. The molecule has 4 aliphatic carbocycles. The highest BCUT2D eigenvalue weighted by molar-refractivity contribution is 7.80. The van der Waals surface area contributed by atoms with Crippen molar-refractivity contribution >= 4 is 10.4 Å². The fourth-order valence-electron chi connectivity index (χ4n) is 13.1. The van der Waals surface area contributed by atoms with Crippen molar-refractivity contribution in [1.82, 2.24) is 0 Å². The highest BCUT2D eigenvalue weighted by Gasteiger charge is 2.74. The van der Waals surface area contributed by atoms with Gasteiger partial charge in [0.1, 0.15) is 54.4 Å². The number of rotatable bonds is 14. The van der Waals surface area contributed by atoms with Crippen LogP contribution in [0, 0.1) is 46.3 Å². The Hall–Kier alpha value is -0.650. The number of fused-ring (bicyclic) bond motifs is 5. The minimum atomic E-state index is -4.92. The van der Waals surface area contributed by atoms with E-state index in [4.69, 9.17) is 32.6 Å². The molecule has 344 valence electrons. The Morgan fingerprint density at radius 3 is 2.05 bits per heavy atom. The maximum absolute atomic E-state index is 12.7. The van der Waals surface area contributed by atoms with Gasteiger partial charge in [-0.05, 0) is 106 Å². The molecule has 6 rings (SSSR count). The fraction of sp³-hybridized carbons (Fsp3) is 1.00. The molecule has 2 aliphatic heterocycles. The van der Waals surface area contributed by atoms with Gasteiger partial charge in [-0.15, -0.1) is 0 Å². The van der Waals surface area contributed by atoms with E-state index in [1.165, 1.54) is 21.1 Å². The van der Waals surface area contributed by atoms with Crippen LogP contribution in [0.3, 0.4) is 0 Å². The number of hydrogen-bond acceptors (Lipinski definition) is 16. The molecule has 2 saturated heterocycles. The molecular weight excluding hydrogens is 797 g/mol. The van der Waals surface area contributed by atoms with Crippen molar-refractivity contribution in [3.8, 4) is 0 Å². The Labute approximate surface area is 348 Å². The SMILES string of the molecule is COC1C(C)OC(OC2C(O[C@@H](CC[C@@H](C)[C@H]3CC(O)C4[C@@]5(O)C(CC[C@@]43C)[C@@]3(C)CC[C@H](O)CC3[C@@H](O)[C@H]5O)C(C)C)OC([C@@H](C)OS(=O)(=O)O)C2O)C(OC)C1O. The van der Waals surface area contributed by atoms with Crippen molar-refractivity contribution in [2.75, 3.05) is 14.2 Å². The second kappa shape index (κ2) is 17.7. The highest BCUT2D eigenvalue weighted by Crippen LogP contribution is 2.70. The largest absolute Gasteiger partial charge is 0.397 e. The summed E-state index contributed by atoms with van der Waals surface area (Å²) in [5.74, 6) is -1.53. The molecule has 0 aromatic rings. The second-order valence-electron chi connectivity index (χ2n) is 19.7. The minimum absolute atomic E-state index is 0.0105. The van der Waals surface area contributed by atoms with Crippen LogP contribution in [0.1, 0.15) is 99.8 Å². The van der Waals surface area contributed by atoms with Crippen molar-refractivity contribution in [2.24, 2.45) is 46.3 Å². The molecule has 13 unspecified atom stereocenters. The summed E-state index contributed by atoms with van der Waals surface area (Å²) in [5, 5.41) is 80.9. The molecule has 6 aliphatic rings. The van der Waals surface area contributed by atoms with Crippen LogP contribution in [-0.2, 0) is 43.0 Å². The number of aliphatic hydroxyl groups excluding tert-OH is 6. The molecule has 59 heavy (non-hydrogen) atoms. The first-order valence-corrected chi connectivity index (χ1v) is 22.9. The number of hydrogen-bond donors (Lipinski definition) is 8. The Balaban J connectivity index is 1.19. The first-order valence-electron chi connectivity index (χ1n) is 21.6. The zero-order chi connectivity index (χ0) is 43.7. The zero-order valence-electron chi connectivity index (χ0n) is 35.9. The fourth-order valence-corrected chi connectivity index (χ4v) is 13.6. The molecule has 0 amide bonds. The summed E-state index contributed by atoms with van der Waals surface area (Å²) in [5.41, 5.74) is -2.79. The lowest BCUT2D eigenvalue weighted by Crippen LogP contribution is -2.75. The predicted octanol–water partition coefficient (Wildman–Crippen LogP) is 1.31. The van der Waals surface area contributed by atoms with E-state index >= 15 is 0 Å². The smallest absolute Gasteiger partial charge is 0.393 e. The van der Waals surface area contributed by atoms with E-state index in [1.54, 1.807) is 6.92 Å². The quantitative estimate of drug-likeness (QED) is 0.115. The van der Waals surface area contributed by atoms with Gasteiger partial charge < -0.3 is 64.2 Å². The van der Waals surface area contributed by atoms with E-state index in [-0.39, 0.29) is 29.6 Å². The summed E-state index contributed by atoms with van der Waals surface area (Å²) >= 11 is 0. The lowest BCUT2D eigenvalue weighted by atomic mass is 9.41. The van der Waals surface area contributed by atoms with Crippen LogP contribution in [0.5, 0.6) is 0 Å². The summed E-state index contributed by atoms with van der Waals surface area (Å²) in [6.07, 6.45) is -11.9. The molecule has 17 nitrogen and oxygen atoms in total. The molecule has 18 heteroatoms. The van der Waals surface area contributed by atoms with Gasteiger partial charge in [0.2, 0.25) is 0 Å². The summed E-state index contributed by atoms with van der Waals surface area (Å²) < 4.78 is 73.4. The third-order valence-electron chi connectivity index (χ3n) is 16.1. The highest BCUT2D eigenvalue weighted by atomic mass is 32.3. The predicted molar refractivity (Wildman–Crippen MR) is 209 cm³/mol. The third kappa shape index (κ3) is 8.55. The van der Waals surface area contributed by atoms with Crippen LogP contribution in [0.15, 0.2) is 0 Å². The zero-order valence-corrected chi connectivity index (χ0v) is 36.8. The van der Waals surface area contributed by atoms with Gasteiger partial charge in [-0.25, -0.2) is 4.18 Å². The molecule has 0 aromatic carbocycles. The molecular formula is C41H72O17S. The van der Waals surface area contributed by atoms with Crippen molar-refractivity contribution in [3.63, 3.8) is 0 Å². The van der Waals surface area contributed by atoms with Gasteiger partial charge in [0.25, 0.3) is 0 Å². The number of methoxy groups -OCH3 is 2. The second-order valence-corrected chi connectivity index (χ2v) is 20.8. The first kappa shape index (κ1) is 47.8. The van der Waals surface area contributed by atoms with Gasteiger partial charge in [-0.1, -0.05) is 34.6 Å². The summed E-state index contributed by atoms with van der Waals surface area (Å²) in [6.45, 7) is 13.2. The molecule has 2 heterocycles. The number of ether oxygens (including phenoxy) is 6. The molecule has 0 aromatic heterocycles. The molecule has 23 atom stereocenters. The van der Waals surface area contributed by atoms with Crippen LogP contribution in [0.25, 0.3) is 0 Å². The summed E-state index contributed by atoms with van der Waals surface area (Å²) in [4.78, 5) is 0. The van der Waals surface area contributed by atoms with Gasteiger partial charge in [0.15, 0.2) is 12.6 Å². The Morgan fingerprint density at radius 2 is 1.44 bits per heavy atom. The van der Waals surface area contributed by atoms with E-state index < -0.39 is 125 Å². The summed E-state index contributed by atoms with van der Waals surface area (Å²) in [6, 6.07) is 0. The van der Waals surface area contributed by atoms with Crippen LogP contribution >= 0.6 is 0 Å². The lowest BCUT2D eigenvalue weighted by molar-refractivity contribution is -0.329. The van der Waals surface area contributed by atoms with E-state index in [9.17, 15) is 48.7 Å². The minimum Gasteiger partial charge on any atom is -0.393 e. The van der Waals surface area contributed by atoms with Gasteiger partial charge in [-0.3, -0.25) is 4.55 Å². The van der Waals surface area contributed by atoms with Crippen LogP contribution in [0.4, 0.5) is 0 Å². The van der Waals surface area contributed by atoms with Crippen LogP contribution in [0.2, 0.25) is 0 Å².